The first-order chi connectivity index (χ1) is 12.6. The molecule has 0 bridgehead atoms. The summed E-state index contributed by atoms with van der Waals surface area (Å²) in [5.41, 5.74) is 1.14. The summed E-state index contributed by atoms with van der Waals surface area (Å²) in [6, 6.07) is 7.45. The van der Waals surface area contributed by atoms with Gasteiger partial charge in [-0.05, 0) is 43.9 Å². The minimum absolute atomic E-state index is 0.00892. The number of ether oxygens (including phenoxy) is 1. The summed E-state index contributed by atoms with van der Waals surface area (Å²) < 4.78 is 5.69. The van der Waals surface area contributed by atoms with Crippen LogP contribution in [0.5, 0.6) is 5.75 Å². The van der Waals surface area contributed by atoms with Crippen molar-refractivity contribution in [3.63, 3.8) is 0 Å². The number of likely N-dealkylation sites (tertiary alicyclic amines) is 1. The van der Waals surface area contributed by atoms with Crippen molar-refractivity contribution in [3.8, 4) is 5.75 Å². The molecule has 0 saturated carbocycles. The van der Waals surface area contributed by atoms with E-state index in [9.17, 15) is 9.59 Å². The number of anilines is 1. The van der Waals surface area contributed by atoms with E-state index in [1.807, 2.05) is 31.2 Å². The molecule has 3 rings (SSSR count). The number of thiazole rings is 1. The van der Waals surface area contributed by atoms with Crippen LogP contribution in [0.25, 0.3) is 0 Å². The van der Waals surface area contributed by atoms with E-state index in [1.165, 1.54) is 11.3 Å². The predicted octanol–water partition coefficient (Wildman–Crippen LogP) is 3.24. The third kappa shape index (κ3) is 4.82. The van der Waals surface area contributed by atoms with Crippen molar-refractivity contribution in [1.29, 1.82) is 0 Å². The van der Waals surface area contributed by atoms with E-state index in [1.54, 1.807) is 16.5 Å². The number of nitrogens with one attached hydrogen (secondary N) is 1. The van der Waals surface area contributed by atoms with Gasteiger partial charge < -0.3 is 15.0 Å². The molecule has 2 heterocycles. The number of rotatable bonds is 7. The van der Waals surface area contributed by atoms with Gasteiger partial charge in [-0.3, -0.25) is 9.59 Å². The van der Waals surface area contributed by atoms with Crippen LogP contribution < -0.4 is 10.1 Å². The lowest BCUT2D eigenvalue weighted by atomic mass is 10.2. The van der Waals surface area contributed by atoms with Crippen LogP contribution in [0.15, 0.2) is 35.8 Å². The molecule has 0 radical (unpaired) electrons. The topological polar surface area (TPSA) is 71.5 Å². The van der Waals surface area contributed by atoms with E-state index in [0.717, 1.165) is 17.7 Å². The number of hydrogen-bond acceptors (Lipinski definition) is 5. The van der Waals surface area contributed by atoms with E-state index >= 15 is 0 Å². The second-order valence-corrected chi connectivity index (χ2v) is 7.23. The average molecular weight is 373 g/mol. The molecule has 1 fully saturated rings. The lowest BCUT2D eigenvalue weighted by molar-refractivity contribution is -0.136. The Labute approximate surface area is 157 Å². The Bertz CT molecular complexity index is 748. The van der Waals surface area contributed by atoms with Crippen LogP contribution in [0.1, 0.15) is 31.2 Å². The van der Waals surface area contributed by atoms with Crippen LogP contribution in [0.4, 0.5) is 5.13 Å². The Kier molecular flexibility index (Phi) is 6.22. The lowest BCUT2D eigenvalue weighted by Crippen LogP contribution is -2.43. The third-order valence-corrected chi connectivity index (χ3v) is 5.02. The van der Waals surface area contributed by atoms with Gasteiger partial charge in [0.05, 0.1) is 6.61 Å². The Hall–Kier alpha value is -2.41. The van der Waals surface area contributed by atoms with Crippen LogP contribution >= 0.6 is 11.3 Å². The molecule has 6 nitrogen and oxygen atoms in total. The van der Waals surface area contributed by atoms with E-state index in [2.05, 4.69) is 10.3 Å². The van der Waals surface area contributed by atoms with Gasteiger partial charge in [-0.1, -0.05) is 12.1 Å². The van der Waals surface area contributed by atoms with Crippen molar-refractivity contribution in [2.75, 3.05) is 18.5 Å². The fourth-order valence-corrected chi connectivity index (χ4v) is 3.61. The number of hydrogen-bond donors (Lipinski definition) is 1. The van der Waals surface area contributed by atoms with Crippen LogP contribution in [-0.2, 0) is 9.59 Å². The largest absolute Gasteiger partial charge is 0.494 e. The third-order valence-electron chi connectivity index (χ3n) is 4.33. The number of carbonyl (C=O) groups is 2. The maximum Gasteiger partial charge on any atom is 0.248 e. The van der Waals surface area contributed by atoms with Crippen molar-refractivity contribution in [3.05, 3.63) is 41.4 Å². The first-order valence-corrected chi connectivity index (χ1v) is 9.71. The first kappa shape index (κ1) is 18.4. The van der Waals surface area contributed by atoms with Crippen LogP contribution in [0.2, 0.25) is 0 Å². The van der Waals surface area contributed by atoms with E-state index in [0.29, 0.717) is 37.5 Å². The SMILES string of the molecule is Cc1cccc(OCCCC(=O)N2CCCC2C(=O)Nc2nccs2)c1. The minimum Gasteiger partial charge on any atom is -0.494 e. The quantitative estimate of drug-likeness (QED) is 0.757. The molecule has 2 amide bonds. The first-order valence-electron chi connectivity index (χ1n) is 8.83. The van der Waals surface area contributed by atoms with E-state index < -0.39 is 6.04 Å². The number of aromatic nitrogens is 1. The maximum absolute atomic E-state index is 12.5. The lowest BCUT2D eigenvalue weighted by Gasteiger charge is -2.23. The van der Waals surface area contributed by atoms with Gasteiger partial charge >= 0.3 is 0 Å². The van der Waals surface area contributed by atoms with Crippen molar-refractivity contribution in [1.82, 2.24) is 9.88 Å². The van der Waals surface area contributed by atoms with Crippen molar-refractivity contribution in [2.45, 2.75) is 38.6 Å². The minimum atomic E-state index is -0.399. The zero-order chi connectivity index (χ0) is 18.4. The highest BCUT2D eigenvalue weighted by Crippen LogP contribution is 2.21. The maximum atomic E-state index is 12.5. The summed E-state index contributed by atoms with van der Waals surface area (Å²) in [4.78, 5) is 30.7. The Balaban J connectivity index is 1.45. The summed E-state index contributed by atoms with van der Waals surface area (Å²) in [5, 5.41) is 5.17. The van der Waals surface area contributed by atoms with Gasteiger partial charge in [0.2, 0.25) is 11.8 Å². The second kappa shape index (κ2) is 8.80. The molecule has 1 aromatic heterocycles. The van der Waals surface area contributed by atoms with Gasteiger partial charge in [0, 0.05) is 24.5 Å². The average Bonchev–Trinajstić information content (AvgIpc) is 3.30. The van der Waals surface area contributed by atoms with Gasteiger partial charge in [-0.15, -0.1) is 11.3 Å². The Morgan fingerprint density at radius 2 is 2.31 bits per heavy atom. The van der Waals surface area contributed by atoms with Gasteiger partial charge in [0.1, 0.15) is 11.8 Å². The summed E-state index contributed by atoms with van der Waals surface area (Å²) in [5.74, 6) is 0.677. The molecular weight excluding hydrogens is 350 g/mol. The van der Waals surface area contributed by atoms with Crippen molar-refractivity contribution >= 4 is 28.3 Å². The molecule has 138 valence electrons. The molecule has 7 heteroatoms. The molecule has 1 aromatic carbocycles. The highest BCUT2D eigenvalue weighted by atomic mass is 32.1. The molecule has 1 unspecified atom stereocenters. The molecule has 26 heavy (non-hydrogen) atoms. The molecule has 1 atom stereocenters. The summed E-state index contributed by atoms with van der Waals surface area (Å²) in [6.07, 6.45) is 4.20. The Morgan fingerprint density at radius 1 is 1.42 bits per heavy atom. The number of carbonyl (C=O) groups excluding carboxylic acids is 2. The summed E-state index contributed by atoms with van der Waals surface area (Å²) in [6.45, 7) is 3.13. The molecule has 2 aromatic rings. The summed E-state index contributed by atoms with van der Waals surface area (Å²) >= 11 is 1.37. The van der Waals surface area contributed by atoms with Crippen molar-refractivity contribution < 1.29 is 14.3 Å². The van der Waals surface area contributed by atoms with Gasteiger partial charge in [-0.25, -0.2) is 4.98 Å². The molecule has 1 aliphatic rings. The van der Waals surface area contributed by atoms with Gasteiger partial charge in [-0.2, -0.15) is 0 Å². The summed E-state index contributed by atoms with van der Waals surface area (Å²) in [7, 11) is 0. The number of aryl methyl sites for hydroxylation is 1. The van der Waals surface area contributed by atoms with E-state index in [4.69, 9.17) is 4.74 Å². The molecule has 0 spiro atoms. The van der Waals surface area contributed by atoms with Crippen LogP contribution in [0, 0.1) is 6.92 Å². The molecular formula is C19H23N3O3S. The van der Waals surface area contributed by atoms with Crippen LogP contribution in [0.3, 0.4) is 0 Å². The van der Waals surface area contributed by atoms with Crippen LogP contribution in [-0.4, -0.2) is 40.9 Å². The van der Waals surface area contributed by atoms with Gasteiger partial charge in [0.15, 0.2) is 5.13 Å². The van der Waals surface area contributed by atoms with Gasteiger partial charge in [0.25, 0.3) is 0 Å². The second-order valence-electron chi connectivity index (χ2n) is 6.34. The Morgan fingerprint density at radius 3 is 3.08 bits per heavy atom. The number of amides is 2. The van der Waals surface area contributed by atoms with E-state index in [-0.39, 0.29) is 11.8 Å². The molecule has 0 aliphatic carbocycles. The van der Waals surface area contributed by atoms with Crippen molar-refractivity contribution in [2.24, 2.45) is 0 Å². The number of benzene rings is 1. The smallest absolute Gasteiger partial charge is 0.248 e. The molecule has 1 saturated heterocycles. The number of nitrogens with zero attached hydrogens (tertiary/aromatic N) is 2. The molecule has 1 N–H and O–H groups in total. The highest BCUT2D eigenvalue weighted by molar-refractivity contribution is 7.13. The highest BCUT2D eigenvalue weighted by Gasteiger charge is 2.33. The zero-order valence-electron chi connectivity index (χ0n) is 14.8. The standard InChI is InChI=1S/C19H23N3O3S/c1-14-5-2-6-15(13-14)25-11-4-8-17(23)22-10-3-7-16(22)18(24)21-19-20-9-12-26-19/h2,5-6,9,12-13,16H,3-4,7-8,10-11H2,1H3,(H,20,21,24). The fraction of sp³-hybridized carbons (Fsp3) is 0.421. The predicted molar refractivity (Wildman–Crippen MR) is 101 cm³/mol. The monoisotopic (exact) mass is 373 g/mol. The normalized spacial score (nSPS) is 16.5. The fourth-order valence-electron chi connectivity index (χ4n) is 3.07. The zero-order valence-corrected chi connectivity index (χ0v) is 15.6. The molecule has 1 aliphatic heterocycles.